The average Bonchev–Trinajstić information content (AvgIpc) is 3.00. The maximum Gasteiger partial charge on any atom is 0.260 e. The van der Waals surface area contributed by atoms with E-state index in [2.05, 4.69) is 21.8 Å². The molecule has 0 spiro atoms. The summed E-state index contributed by atoms with van der Waals surface area (Å²) >= 11 is 1.53. The molecule has 1 fully saturated rings. The van der Waals surface area contributed by atoms with Crippen LogP contribution in [0.2, 0.25) is 0 Å². The maximum absolute atomic E-state index is 12.6. The second-order valence-corrected chi connectivity index (χ2v) is 6.98. The normalized spacial score (nSPS) is 19.0. The molecular weight excluding hydrogens is 322 g/mol. The van der Waals surface area contributed by atoms with Gasteiger partial charge in [-0.1, -0.05) is 30.3 Å². The van der Waals surface area contributed by atoms with Gasteiger partial charge in [0, 0.05) is 24.0 Å². The van der Waals surface area contributed by atoms with Gasteiger partial charge in [-0.05, 0) is 12.5 Å². The first-order chi connectivity index (χ1) is 11.7. The number of thiophene rings is 1. The molecule has 1 atom stereocenters. The topological polar surface area (TPSA) is 58.2 Å². The molecule has 3 heterocycles. The third kappa shape index (κ3) is 3.00. The Morgan fingerprint density at radius 2 is 2.21 bits per heavy atom. The molecule has 0 amide bonds. The van der Waals surface area contributed by atoms with Crippen LogP contribution in [0.3, 0.4) is 0 Å². The highest BCUT2D eigenvalue weighted by molar-refractivity contribution is 7.17. The van der Waals surface area contributed by atoms with Crippen molar-refractivity contribution in [2.75, 3.05) is 19.7 Å². The molecule has 1 N–H and O–H groups in total. The molecule has 1 saturated heterocycles. The molecule has 2 aromatic heterocycles. The Morgan fingerprint density at radius 1 is 1.38 bits per heavy atom. The number of benzene rings is 1. The van der Waals surface area contributed by atoms with Gasteiger partial charge < -0.3 is 9.72 Å². The van der Waals surface area contributed by atoms with E-state index in [4.69, 9.17) is 4.74 Å². The van der Waals surface area contributed by atoms with Crippen molar-refractivity contribution in [3.8, 4) is 11.1 Å². The van der Waals surface area contributed by atoms with Crippen molar-refractivity contribution >= 4 is 21.6 Å². The highest BCUT2D eigenvalue weighted by Crippen LogP contribution is 2.30. The molecule has 1 aromatic carbocycles. The Hall–Kier alpha value is -2.02. The molecular formula is C18H19N3O2S. The Kier molecular flexibility index (Phi) is 4.18. The quantitative estimate of drug-likeness (QED) is 0.796. The number of hydrogen-bond donors (Lipinski definition) is 1. The van der Waals surface area contributed by atoms with Crippen LogP contribution >= 0.6 is 11.3 Å². The number of nitrogens with zero attached hydrogens (tertiary/aromatic N) is 2. The van der Waals surface area contributed by atoms with Gasteiger partial charge in [0.1, 0.15) is 10.7 Å². The first kappa shape index (κ1) is 15.5. The fourth-order valence-corrected chi connectivity index (χ4v) is 4.11. The molecule has 3 aromatic rings. The van der Waals surface area contributed by atoms with E-state index in [1.807, 2.05) is 35.7 Å². The monoisotopic (exact) mass is 341 g/mol. The van der Waals surface area contributed by atoms with Gasteiger partial charge >= 0.3 is 0 Å². The van der Waals surface area contributed by atoms with Gasteiger partial charge in [-0.25, -0.2) is 4.98 Å². The number of morpholine rings is 1. The minimum Gasteiger partial charge on any atom is -0.376 e. The summed E-state index contributed by atoms with van der Waals surface area (Å²) in [6.07, 6.45) is 0.223. The number of rotatable bonds is 3. The van der Waals surface area contributed by atoms with Crippen LogP contribution < -0.4 is 5.56 Å². The summed E-state index contributed by atoms with van der Waals surface area (Å²) in [5.41, 5.74) is 1.94. The van der Waals surface area contributed by atoms with Gasteiger partial charge in [0.2, 0.25) is 0 Å². The second kappa shape index (κ2) is 6.47. The Labute approximate surface area is 143 Å². The van der Waals surface area contributed by atoms with Crippen molar-refractivity contribution in [1.29, 1.82) is 0 Å². The van der Waals surface area contributed by atoms with Crippen LogP contribution in [-0.4, -0.2) is 40.7 Å². The number of fused-ring (bicyclic) bond motifs is 1. The number of nitrogens with one attached hydrogen (secondary N) is 1. The van der Waals surface area contributed by atoms with Crippen LogP contribution in [-0.2, 0) is 11.3 Å². The number of aromatic nitrogens is 2. The SMILES string of the molecule is CC1CN(Cc2nc3scc(-c4ccccc4)c3c(=O)[nH]2)CCO1. The van der Waals surface area contributed by atoms with E-state index >= 15 is 0 Å². The number of ether oxygens (including phenoxy) is 1. The summed E-state index contributed by atoms with van der Waals surface area (Å²) in [6, 6.07) is 9.97. The van der Waals surface area contributed by atoms with Crippen LogP contribution in [0.25, 0.3) is 21.3 Å². The summed E-state index contributed by atoms with van der Waals surface area (Å²) in [7, 11) is 0. The van der Waals surface area contributed by atoms with Gasteiger partial charge in [0.25, 0.3) is 5.56 Å². The first-order valence-electron chi connectivity index (χ1n) is 8.10. The van der Waals surface area contributed by atoms with Gasteiger partial charge in [0.05, 0.1) is 24.6 Å². The fraction of sp³-hybridized carbons (Fsp3) is 0.333. The summed E-state index contributed by atoms with van der Waals surface area (Å²) in [5.74, 6) is 0.725. The van der Waals surface area contributed by atoms with Crippen LogP contribution in [0.5, 0.6) is 0 Å². The summed E-state index contributed by atoms with van der Waals surface area (Å²) in [5, 5.41) is 2.70. The van der Waals surface area contributed by atoms with E-state index in [9.17, 15) is 4.79 Å². The third-order valence-corrected chi connectivity index (χ3v) is 5.15. The van der Waals surface area contributed by atoms with Crippen LogP contribution in [0, 0.1) is 0 Å². The van der Waals surface area contributed by atoms with Crippen molar-refractivity contribution in [2.45, 2.75) is 19.6 Å². The van der Waals surface area contributed by atoms with Crippen molar-refractivity contribution in [1.82, 2.24) is 14.9 Å². The summed E-state index contributed by atoms with van der Waals surface area (Å²) in [4.78, 5) is 23.3. The average molecular weight is 341 g/mol. The van der Waals surface area contributed by atoms with Gasteiger partial charge in [-0.15, -0.1) is 11.3 Å². The van der Waals surface area contributed by atoms with Gasteiger partial charge in [0.15, 0.2) is 0 Å². The lowest BCUT2D eigenvalue weighted by molar-refractivity contribution is -0.0219. The van der Waals surface area contributed by atoms with Gasteiger partial charge in [-0.3, -0.25) is 9.69 Å². The highest BCUT2D eigenvalue weighted by atomic mass is 32.1. The molecule has 6 heteroatoms. The van der Waals surface area contributed by atoms with Crippen molar-refractivity contribution in [2.24, 2.45) is 0 Å². The Morgan fingerprint density at radius 3 is 3.00 bits per heavy atom. The van der Waals surface area contributed by atoms with E-state index < -0.39 is 0 Å². The number of hydrogen-bond acceptors (Lipinski definition) is 5. The fourth-order valence-electron chi connectivity index (χ4n) is 3.14. The molecule has 0 aliphatic carbocycles. The molecule has 1 aliphatic rings. The molecule has 1 unspecified atom stereocenters. The molecule has 0 saturated carbocycles. The maximum atomic E-state index is 12.6. The van der Waals surface area contributed by atoms with Crippen LogP contribution in [0.4, 0.5) is 0 Å². The zero-order valence-corrected chi connectivity index (χ0v) is 14.3. The lowest BCUT2D eigenvalue weighted by Gasteiger charge is -2.30. The minimum absolute atomic E-state index is 0.0589. The summed E-state index contributed by atoms with van der Waals surface area (Å²) in [6.45, 7) is 5.17. The van der Waals surface area contributed by atoms with Crippen molar-refractivity contribution in [3.63, 3.8) is 0 Å². The molecule has 124 valence electrons. The molecule has 0 radical (unpaired) electrons. The lowest BCUT2D eigenvalue weighted by atomic mass is 10.1. The van der Waals surface area contributed by atoms with E-state index in [1.165, 1.54) is 11.3 Å². The smallest absolute Gasteiger partial charge is 0.260 e. The van der Waals surface area contributed by atoms with E-state index in [0.29, 0.717) is 11.9 Å². The zero-order valence-electron chi connectivity index (χ0n) is 13.5. The molecule has 24 heavy (non-hydrogen) atoms. The third-order valence-electron chi connectivity index (χ3n) is 4.28. The predicted octanol–water partition coefficient (Wildman–Crippen LogP) is 2.87. The van der Waals surface area contributed by atoms with Crippen LogP contribution in [0.1, 0.15) is 12.7 Å². The summed E-state index contributed by atoms with van der Waals surface area (Å²) < 4.78 is 5.56. The molecule has 0 bridgehead atoms. The first-order valence-corrected chi connectivity index (χ1v) is 8.98. The standard InChI is InChI=1S/C18H19N3O2S/c1-12-9-21(7-8-23-12)10-15-19-17(22)16-14(11-24-18(16)20-15)13-5-3-2-4-6-13/h2-6,11-12H,7-10H2,1H3,(H,19,20,22). The molecule has 4 rings (SSSR count). The number of H-pyrrole nitrogens is 1. The van der Waals surface area contributed by atoms with E-state index in [0.717, 1.165) is 41.5 Å². The van der Waals surface area contributed by atoms with E-state index in [-0.39, 0.29) is 11.7 Å². The minimum atomic E-state index is -0.0589. The van der Waals surface area contributed by atoms with Crippen LogP contribution in [0.15, 0.2) is 40.5 Å². The van der Waals surface area contributed by atoms with Gasteiger partial charge in [-0.2, -0.15) is 0 Å². The Balaban J connectivity index is 1.68. The van der Waals surface area contributed by atoms with Crippen molar-refractivity contribution in [3.05, 3.63) is 51.9 Å². The molecule has 1 aliphatic heterocycles. The Bertz CT molecular complexity index is 904. The predicted molar refractivity (Wildman–Crippen MR) is 96.4 cm³/mol. The van der Waals surface area contributed by atoms with E-state index in [1.54, 1.807) is 0 Å². The zero-order chi connectivity index (χ0) is 16.5. The highest BCUT2D eigenvalue weighted by Gasteiger charge is 2.19. The number of aromatic amines is 1. The van der Waals surface area contributed by atoms with Crippen molar-refractivity contribution < 1.29 is 4.74 Å². The second-order valence-electron chi connectivity index (χ2n) is 6.12. The largest absolute Gasteiger partial charge is 0.376 e. The lowest BCUT2D eigenvalue weighted by Crippen LogP contribution is -2.41. The molecule has 5 nitrogen and oxygen atoms in total.